The van der Waals surface area contributed by atoms with E-state index in [-0.39, 0.29) is 5.56 Å². The molecule has 2 aromatic carbocycles. The predicted octanol–water partition coefficient (Wildman–Crippen LogP) is 4.58. The zero-order valence-corrected chi connectivity index (χ0v) is 19.8. The molecule has 0 aliphatic heterocycles. The number of hydrogen-bond acceptors (Lipinski definition) is 4. The van der Waals surface area contributed by atoms with Gasteiger partial charge in [-0.05, 0) is 42.3 Å². The second-order valence-electron chi connectivity index (χ2n) is 8.50. The summed E-state index contributed by atoms with van der Waals surface area (Å²) >= 11 is 6.13. The molecule has 5 rings (SSSR count). The minimum atomic E-state index is -1.59. The first kappa shape index (κ1) is 22.1. The van der Waals surface area contributed by atoms with Crippen molar-refractivity contribution >= 4 is 22.6 Å². The number of fused-ring (bicyclic) bond motifs is 1. The first-order chi connectivity index (χ1) is 16.3. The molecule has 0 spiro atoms. The van der Waals surface area contributed by atoms with Crippen LogP contribution < -0.4 is 5.56 Å². The average Bonchev–Trinajstić information content (AvgIpc) is 3.27. The lowest BCUT2D eigenvalue weighted by Gasteiger charge is -2.29. The highest BCUT2D eigenvalue weighted by molar-refractivity contribution is 6.30. The topological polar surface area (TPSA) is 72.9 Å². The summed E-state index contributed by atoms with van der Waals surface area (Å²) in [6, 6.07) is 20.2. The molecule has 0 bridgehead atoms. The van der Waals surface area contributed by atoms with Crippen LogP contribution >= 0.6 is 11.6 Å². The second kappa shape index (κ2) is 8.24. The summed E-state index contributed by atoms with van der Waals surface area (Å²) in [5, 5.41) is 12.8. The van der Waals surface area contributed by atoms with E-state index in [2.05, 4.69) is 4.98 Å². The number of nitrogens with zero attached hydrogens (tertiary/aromatic N) is 4. The summed E-state index contributed by atoms with van der Waals surface area (Å²) in [6.45, 7) is 2.01. The quantitative estimate of drug-likeness (QED) is 0.417. The number of benzene rings is 2. The minimum Gasteiger partial charge on any atom is -0.373 e. The van der Waals surface area contributed by atoms with Crippen LogP contribution in [0.3, 0.4) is 0 Å². The lowest BCUT2D eigenvalue weighted by Crippen LogP contribution is -2.32. The fraction of sp³-hybridized carbons (Fsp3) is 0.148. The Balaban J connectivity index is 1.84. The molecule has 7 heteroatoms. The van der Waals surface area contributed by atoms with Crippen molar-refractivity contribution in [3.05, 3.63) is 117 Å². The van der Waals surface area contributed by atoms with Crippen molar-refractivity contribution in [3.8, 4) is 11.1 Å². The standard InChI is InChI=1S/C27H23ClN4O2/c1-17-5-4-6-18(13-17)21-14-25(33)32(3)22-11-12-23(30-26(21)22)27(34,24-15-29-16-31(24)2)19-7-9-20(28)10-8-19/h4-16,34H,1-3H3. The molecule has 1 atom stereocenters. The highest BCUT2D eigenvalue weighted by Gasteiger charge is 2.38. The van der Waals surface area contributed by atoms with Crippen LogP contribution in [0.15, 0.2) is 84.0 Å². The predicted molar refractivity (Wildman–Crippen MR) is 134 cm³/mol. The smallest absolute Gasteiger partial charge is 0.251 e. The van der Waals surface area contributed by atoms with Gasteiger partial charge < -0.3 is 14.2 Å². The molecule has 170 valence electrons. The maximum Gasteiger partial charge on any atom is 0.251 e. The van der Waals surface area contributed by atoms with Gasteiger partial charge in [-0.15, -0.1) is 0 Å². The first-order valence-corrected chi connectivity index (χ1v) is 11.2. The van der Waals surface area contributed by atoms with E-state index < -0.39 is 5.60 Å². The van der Waals surface area contributed by atoms with Crippen LogP contribution in [0.4, 0.5) is 0 Å². The zero-order valence-electron chi connectivity index (χ0n) is 19.0. The fourth-order valence-corrected chi connectivity index (χ4v) is 4.51. The van der Waals surface area contributed by atoms with Gasteiger partial charge in [0.1, 0.15) is 0 Å². The molecule has 0 saturated carbocycles. The Labute approximate surface area is 201 Å². The third-order valence-corrected chi connectivity index (χ3v) is 6.49. The van der Waals surface area contributed by atoms with Gasteiger partial charge in [-0.2, -0.15) is 0 Å². The van der Waals surface area contributed by atoms with Crippen molar-refractivity contribution < 1.29 is 5.11 Å². The fourth-order valence-electron chi connectivity index (χ4n) is 4.39. The van der Waals surface area contributed by atoms with E-state index in [1.54, 1.807) is 65.1 Å². The zero-order chi connectivity index (χ0) is 24.0. The van der Waals surface area contributed by atoms with Crippen molar-refractivity contribution in [2.24, 2.45) is 14.1 Å². The Kier molecular flexibility index (Phi) is 5.35. The molecule has 0 saturated heterocycles. The number of imidazole rings is 1. The maximum atomic E-state index is 12.7. The Morgan fingerprint density at radius 2 is 1.76 bits per heavy atom. The average molecular weight is 471 g/mol. The van der Waals surface area contributed by atoms with E-state index in [0.717, 1.165) is 11.1 Å². The van der Waals surface area contributed by atoms with Gasteiger partial charge in [0.15, 0.2) is 5.60 Å². The van der Waals surface area contributed by atoms with Crippen LogP contribution in [-0.2, 0) is 19.7 Å². The van der Waals surface area contributed by atoms with Gasteiger partial charge in [0.05, 0.1) is 34.9 Å². The number of pyridine rings is 2. The van der Waals surface area contributed by atoms with Crippen molar-refractivity contribution in [1.82, 2.24) is 19.1 Å². The number of aromatic nitrogens is 4. The summed E-state index contributed by atoms with van der Waals surface area (Å²) < 4.78 is 3.33. The molecule has 1 N–H and O–H groups in total. The van der Waals surface area contributed by atoms with Crippen molar-refractivity contribution in [2.45, 2.75) is 12.5 Å². The number of rotatable bonds is 4. The van der Waals surface area contributed by atoms with Gasteiger partial charge in [-0.25, -0.2) is 9.97 Å². The van der Waals surface area contributed by atoms with Crippen LogP contribution in [0, 0.1) is 6.92 Å². The van der Waals surface area contributed by atoms with Gasteiger partial charge >= 0.3 is 0 Å². The van der Waals surface area contributed by atoms with E-state index in [0.29, 0.717) is 38.6 Å². The molecule has 1 unspecified atom stereocenters. The third kappa shape index (κ3) is 3.52. The van der Waals surface area contributed by atoms with Gasteiger partial charge in [-0.3, -0.25) is 4.79 Å². The van der Waals surface area contributed by atoms with Crippen LogP contribution in [0.1, 0.15) is 22.5 Å². The van der Waals surface area contributed by atoms with Crippen molar-refractivity contribution in [2.75, 3.05) is 0 Å². The molecule has 0 radical (unpaired) electrons. The molecular weight excluding hydrogens is 448 g/mol. The largest absolute Gasteiger partial charge is 0.373 e. The molecule has 0 aliphatic rings. The normalized spacial score (nSPS) is 13.2. The Morgan fingerprint density at radius 3 is 2.44 bits per heavy atom. The van der Waals surface area contributed by atoms with Crippen LogP contribution in [0.25, 0.3) is 22.2 Å². The molecule has 0 aliphatic carbocycles. The Hall–Kier alpha value is -3.74. The number of halogens is 1. The molecular formula is C27H23ClN4O2. The van der Waals surface area contributed by atoms with Gasteiger partial charge in [0.2, 0.25) is 0 Å². The summed E-state index contributed by atoms with van der Waals surface area (Å²) in [5.74, 6) is 0. The molecule has 3 heterocycles. The lowest BCUT2D eigenvalue weighted by molar-refractivity contribution is 0.113. The molecule has 0 fully saturated rings. The monoisotopic (exact) mass is 470 g/mol. The Bertz CT molecular complexity index is 1590. The summed E-state index contributed by atoms with van der Waals surface area (Å²) in [6.07, 6.45) is 3.27. The first-order valence-electron chi connectivity index (χ1n) is 10.8. The van der Waals surface area contributed by atoms with Crippen LogP contribution in [0.2, 0.25) is 5.02 Å². The lowest BCUT2D eigenvalue weighted by atomic mass is 9.86. The minimum absolute atomic E-state index is 0.127. The van der Waals surface area contributed by atoms with Crippen molar-refractivity contribution in [1.29, 1.82) is 0 Å². The summed E-state index contributed by atoms with van der Waals surface area (Å²) in [4.78, 5) is 21.9. The van der Waals surface area contributed by atoms with Crippen LogP contribution in [-0.4, -0.2) is 24.2 Å². The van der Waals surface area contributed by atoms with Gasteiger partial charge in [0, 0.05) is 30.7 Å². The molecule has 0 amide bonds. The molecule has 5 aromatic rings. The summed E-state index contributed by atoms with van der Waals surface area (Å²) in [5.41, 5.74) is 3.85. The van der Waals surface area contributed by atoms with Crippen molar-refractivity contribution in [3.63, 3.8) is 0 Å². The molecule has 34 heavy (non-hydrogen) atoms. The highest BCUT2D eigenvalue weighted by Crippen LogP contribution is 2.37. The van der Waals surface area contributed by atoms with E-state index >= 15 is 0 Å². The second-order valence-corrected chi connectivity index (χ2v) is 8.93. The van der Waals surface area contributed by atoms with E-state index in [1.807, 2.05) is 44.3 Å². The van der Waals surface area contributed by atoms with E-state index in [4.69, 9.17) is 16.6 Å². The van der Waals surface area contributed by atoms with E-state index in [9.17, 15) is 9.90 Å². The maximum absolute atomic E-state index is 12.7. The molecule has 3 aromatic heterocycles. The van der Waals surface area contributed by atoms with E-state index in [1.165, 1.54) is 0 Å². The Morgan fingerprint density at radius 1 is 1.00 bits per heavy atom. The number of aliphatic hydroxyl groups is 1. The number of aryl methyl sites for hydroxylation is 3. The highest BCUT2D eigenvalue weighted by atomic mass is 35.5. The summed E-state index contributed by atoms with van der Waals surface area (Å²) in [7, 11) is 3.55. The van der Waals surface area contributed by atoms with Gasteiger partial charge in [-0.1, -0.05) is 53.6 Å². The SMILES string of the molecule is Cc1cccc(-c2cc(=O)n(C)c3ccc(C(O)(c4ccc(Cl)cc4)c4cncn4C)nc23)c1. The molecule has 6 nitrogen and oxygen atoms in total. The number of hydrogen-bond donors (Lipinski definition) is 1. The van der Waals surface area contributed by atoms with Gasteiger partial charge in [0.25, 0.3) is 5.56 Å². The van der Waals surface area contributed by atoms with Crippen LogP contribution in [0.5, 0.6) is 0 Å². The third-order valence-electron chi connectivity index (χ3n) is 6.24.